The van der Waals surface area contributed by atoms with Gasteiger partial charge in [0.05, 0.1) is 0 Å². The van der Waals surface area contributed by atoms with Gasteiger partial charge in [-0.3, -0.25) is 0 Å². The second kappa shape index (κ2) is 4.39. The zero-order valence-electron chi connectivity index (χ0n) is 9.90. The van der Waals surface area contributed by atoms with Crippen molar-refractivity contribution in [3.63, 3.8) is 0 Å². The highest BCUT2D eigenvalue weighted by Crippen LogP contribution is 2.32. The average Bonchev–Trinajstić information content (AvgIpc) is 2.71. The summed E-state index contributed by atoms with van der Waals surface area (Å²) >= 11 is 0. The third kappa shape index (κ3) is 2.22. The zero-order chi connectivity index (χ0) is 11.8. The Hall–Kier alpha value is -0.930. The number of hydrogen-bond donors (Lipinski definition) is 2. The number of hydrogen-bond acceptors (Lipinski definition) is 2. The van der Waals surface area contributed by atoms with Crippen LogP contribution in [0.5, 0.6) is 0 Å². The quantitative estimate of drug-likeness (QED) is 0.819. The van der Waals surface area contributed by atoms with Gasteiger partial charge in [-0.1, -0.05) is 12.1 Å². The van der Waals surface area contributed by atoms with E-state index in [1.807, 2.05) is 12.1 Å². The molecule has 0 spiro atoms. The molecule has 0 radical (unpaired) electrons. The minimum Gasteiger partial charge on any atom is -0.327 e. The van der Waals surface area contributed by atoms with Gasteiger partial charge in [-0.2, -0.15) is 0 Å². The van der Waals surface area contributed by atoms with E-state index in [1.165, 1.54) is 30.5 Å². The van der Waals surface area contributed by atoms with Crippen molar-refractivity contribution in [3.05, 3.63) is 35.6 Å². The van der Waals surface area contributed by atoms with Crippen LogP contribution in [0.2, 0.25) is 0 Å². The van der Waals surface area contributed by atoms with Gasteiger partial charge in [0.1, 0.15) is 5.82 Å². The minimum absolute atomic E-state index is 0.166. The lowest BCUT2D eigenvalue weighted by Gasteiger charge is -2.35. The largest absolute Gasteiger partial charge is 0.327 e. The molecule has 2 saturated heterocycles. The number of fused-ring (bicyclic) bond motifs is 2. The van der Waals surface area contributed by atoms with E-state index in [2.05, 4.69) is 5.32 Å². The molecule has 1 aromatic carbocycles. The fourth-order valence-corrected chi connectivity index (χ4v) is 3.36. The molecule has 3 heteroatoms. The van der Waals surface area contributed by atoms with Crippen molar-refractivity contribution in [2.75, 3.05) is 0 Å². The van der Waals surface area contributed by atoms with E-state index in [0.29, 0.717) is 24.0 Å². The van der Waals surface area contributed by atoms with Gasteiger partial charge in [-0.25, -0.2) is 4.39 Å². The van der Waals surface area contributed by atoms with Gasteiger partial charge in [0, 0.05) is 18.1 Å². The average molecular weight is 234 g/mol. The van der Waals surface area contributed by atoms with E-state index in [-0.39, 0.29) is 5.82 Å². The van der Waals surface area contributed by atoms with Crippen LogP contribution >= 0.6 is 0 Å². The third-order valence-electron chi connectivity index (χ3n) is 4.28. The first-order valence-corrected chi connectivity index (χ1v) is 6.48. The highest BCUT2D eigenvalue weighted by Gasteiger charge is 2.39. The lowest BCUT2D eigenvalue weighted by Crippen LogP contribution is -2.52. The molecule has 92 valence electrons. The fraction of sp³-hybridized carbons (Fsp3) is 0.571. The van der Waals surface area contributed by atoms with Crippen molar-refractivity contribution in [3.8, 4) is 0 Å². The van der Waals surface area contributed by atoms with Crippen molar-refractivity contribution >= 4 is 0 Å². The molecular formula is C14H19FN2. The molecule has 2 heterocycles. The van der Waals surface area contributed by atoms with Gasteiger partial charge >= 0.3 is 0 Å². The summed E-state index contributed by atoms with van der Waals surface area (Å²) in [6.07, 6.45) is 4.55. The molecule has 0 amide bonds. The van der Waals surface area contributed by atoms with Crippen LogP contribution < -0.4 is 11.1 Å². The Labute approximate surface area is 101 Å². The molecule has 3 rings (SSSR count). The molecular weight excluding hydrogens is 215 g/mol. The second-order valence-electron chi connectivity index (χ2n) is 5.44. The summed E-state index contributed by atoms with van der Waals surface area (Å²) < 4.78 is 12.9. The predicted octanol–water partition coefficient (Wildman–Crippen LogP) is 1.84. The first-order valence-electron chi connectivity index (χ1n) is 6.48. The Morgan fingerprint density at radius 2 is 2.00 bits per heavy atom. The van der Waals surface area contributed by atoms with E-state index < -0.39 is 0 Å². The maximum Gasteiger partial charge on any atom is 0.123 e. The third-order valence-corrected chi connectivity index (χ3v) is 4.28. The van der Waals surface area contributed by atoms with Crippen molar-refractivity contribution in [1.82, 2.24) is 5.32 Å². The normalized spacial score (nSPS) is 36.1. The molecule has 2 fully saturated rings. The topological polar surface area (TPSA) is 38.0 Å². The molecule has 2 nitrogen and oxygen atoms in total. The molecule has 17 heavy (non-hydrogen) atoms. The summed E-state index contributed by atoms with van der Waals surface area (Å²) in [5, 5.41) is 3.65. The van der Waals surface area contributed by atoms with E-state index in [4.69, 9.17) is 5.73 Å². The van der Waals surface area contributed by atoms with Crippen LogP contribution in [0.15, 0.2) is 24.3 Å². The van der Waals surface area contributed by atoms with Crippen LogP contribution in [-0.2, 0) is 6.42 Å². The highest BCUT2D eigenvalue weighted by molar-refractivity contribution is 5.18. The molecule has 2 bridgehead atoms. The van der Waals surface area contributed by atoms with Crippen LogP contribution in [0.3, 0.4) is 0 Å². The number of nitrogens with two attached hydrogens (primary N) is 1. The number of benzene rings is 1. The van der Waals surface area contributed by atoms with Gasteiger partial charge in [-0.15, -0.1) is 0 Å². The standard InChI is InChI=1S/C14H19FN2/c15-10-3-1-9(2-4-10)7-12-13(16)8-11-5-6-14(12)17-11/h1-4,11-14,17H,5-8,16H2. The lowest BCUT2D eigenvalue weighted by atomic mass is 9.83. The molecule has 2 aliphatic heterocycles. The Morgan fingerprint density at radius 3 is 2.76 bits per heavy atom. The number of halogens is 1. The molecule has 4 unspecified atom stereocenters. The molecule has 0 saturated carbocycles. The van der Waals surface area contributed by atoms with E-state index >= 15 is 0 Å². The number of piperidine rings is 1. The van der Waals surface area contributed by atoms with Crippen LogP contribution in [0.25, 0.3) is 0 Å². The maximum atomic E-state index is 12.9. The fourth-order valence-electron chi connectivity index (χ4n) is 3.36. The Kier molecular flexibility index (Phi) is 2.89. The Bertz CT molecular complexity index is 390. The first kappa shape index (κ1) is 11.2. The second-order valence-corrected chi connectivity index (χ2v) is 5.44. The number of nitrogens with one attached hydrogen (secondary N) is 1. The van der Waals surface area contributed by atoms with Gasteiger partial charge in [0.25, 0.3) is 0 Å². The Balaban J connectivity index is 1.73. The number of rotatable bonds is 2. The molecule has 1 aromatic rings. The molecule has 0 aliphatic carbocycles. The van der Waals surface area contributed by atoms with Gasteiger partial charge < -0.3 is 11.1 Å². The molecule has 3 N–H and O–H groups in total. The summed E-state index contributed by atoms with van der Waals surface area (Å²) in [4.78, 5) is 0. The summed E-state index contributed by atoms with van der Waals surface area (Å²) in [7, 11) is 0. The van der Waals surface area contributed by atoms with Crippen LogP contribution in [-0.4, -0.2) is 18.1 Å². The van der Waals surface area contributed by atoms with E-state index in [1.54, 1.807) is 0 Å². The molecule has 0 aromatic heterocycles. The van der Waals surface area contributed by atoms with Crippen molar-refractivity contribution < 1.29 is 4.39 Å². The van der Waals surface area contributed by atoms with Gasteiger partial charge in [0.2, 0.25) is 0 Å². The molecule has 4 atom stereocenters. The zero-order valence-corrected chi connectivity index (χ0v) is 9.90. The van der Waals surface area contributed by atoms with Crippen LogP contribution in [0.4, 0.5) is 4.39 Å². The summed E-state index contributed by atoms with van der Waals surface area (Å²) in [6.45, 7) is 0. The summed E-state index contributed by atoms with van der Waals surface area (Å²) in [5.74, 6) is 0.333. The highest BCUT2D eigenvalue weighted by atomic mass is 19.1. The van der Waals surface area contributed by atoms with E-state index in [0.717, 1.165) is 12.8 Å². The van der Waals surface area contributed by atoms with Crippen molar-refractivity contribution in [2.24, 2.45) is 11.7 Å². The van der Waals surface area contributed by atoms with Crippen LogP contribution in [0.1, 0.15) is 24.8 Å². The first-order chi connectivity index (χ1) is 8.22. The maximum absolute atomic E-state index is 12.9. The lowest BCUT2D eigenvalue weighted by molar-refractivity contribution is 0.250. The molecule has 2 aliphatic rings. The summed E-state index contributed by atoms with van der Waals surface area (Å²) in [5.41, 5.74) is 7.46. The van der Waals surface area contributed by atoms with Crippen molar-refractivity contribution in [2.45, 2.75) is 43.8 Å². The monoisotopic (exact) mass is 234 g/mol. The predicted molar refractivity (Wildman–Crippen MR) is 66.1 cm³/mol. The summed E-state index contributed by atoms with van der Waals surface area (Å²) in [6, 6.07) is 8.32. The minimum atomic E-state index is -0.166. The SMILES string of the molecule is NC1CC2CCC(N2)C1Cc1ccc(F)cc1. The smallest absolute Gasteiger partial charge is 0.123 e. The van der Waals surface area contributed by atoms with Gasteiger partial charge in [-0.05, 0) is 49.3 Å². The van der Waals surface area contributed by atoms with Crippen LogP contribution in [0, 0.1) is 11.7 Å². The van der Waals surface area contributed by atoms with Gasteiger partial charge in [0.15, 0.2) is 0 Å². The van der Waals surface area contributed by atoms with Crippen molar-refractivity contribution in [1.29, 1.82) is 0 Å². The van der Waals surface area contributed by atoms with E-state index in [9.17, 15) is 4.39 Å². The Morgan fingerprint density at radius 1 is 1.24 bits per heavy atom.